The summed E-state index contributed by atoms with van der Waals surface area (Å²) in [7, 11) is 0. The fourth-order valence-electron chi connectivity index (χ4n) is 3.63. The van der Waals surface area contributed by atoms with Gasteiger partial charge in [-0.1, -0.05) is 0 Å². The van der Waals surface area contributed by atoms with E-state index in [2.05, 4.69) is 10.6 Å². The lowest BCUT2D eigenvalue weighted by atomic mass is 9.84. The SMILES string of the molecule is O=C1CCC2CN(C(=O)[C@H]3CCCNC3)CCC2N1. The van der Waals surface area contributed by atoms with Crippen molar-refractivity contribution < 1.29 is 9.59 Å². The van der Waals surface area contributed by atoms with E-state index in [1.807, 2.05) is 4.90 Å². The predicted octanol–water partition coefficient (Wildman–Crippen LogP) is 0.113. The zero-order valence-electron chi connectivity index (χ0n) is 11.4. The quantitative estimate of drug-likeness (QED) is 0.707. The number of carbonyl (C=O) groups excluding carboxylic acids is 2. The second kappa shape index (κ2) is 5.49. The molecule has 0 bridgehead atoms. The largest absolute Gasteiger partial charge is 0.353 e. The molecule has 3 rings (SSSR count). The van der Waals surface area contributed by atoms with Crippen molar-refractivity contribution >= 4 is 11.8 Å². The Hall–Kier alpha value is -1.10. The standard InChI is InChI=1S/C14H23N3O2/c18-13-4-3-11-9-17(7-5-12(11)16-13)14(19)10-2-1-6-15-8-10/h10-12,15H,1-9H2,(H,16,18)/t10-,11?,12?/m0/s1. The van der Waals surface area contributed by atoms with E-state index < -0.39 is 0 Å². The van der Waals surface area contributed by atoms with Crippen LogP contribution in [0.4, 0.5) is 0 Å². The number of amides is 2. The number of hydrogen-bond donors (Lipinski definition) is 2. The van der Waals surface area contributed by atoms with E-state index in [4.69, 9.17) is 0 Å². The van der Waals surface area contributed by atoms with Gasteiger partial charge in [0.25, 0.3) is 0 Å². The third-order valence-electron chi connectivity index (χ3n) is 4.78. The summed E-state index contributed by atoms with van der Waals surface area (Å²) in [5.74, 6) is 1.13. The van der Waals surface area contributed by atoms with Crippen molar-refractivity contribution in [3.63, 3.8) is 0 Å². The maximum Gasteiger partial charge on any atom is 0.226 e. The van der Waals surface area contributed by atoms with E-state index in [-0.39, 0.29) is 11.8 Å². The smallest absolute Gasteiger partial charge is 0.226 e. The Morgan fingerprint density at radius 2 is 2.16 bits per heavy atom. The number of likely N-dealkylation sites (tertiary alicyclic amines) is 1. The molecule has 2 N–H and O–H groups in total. The van der Waals surface area contributed by atoms with Crippen LogP contribution in [0.1, 0.15) is 32.1 Å². The number of rotatable bonds is 1. The summed E-state index contributed by atoms with van der Waals surface area (Å²) in [5.41, 5.74) is 0. The van der Waals surface area contributed by atoms with E-state index >= 15 is 0 Å². The molecule has 3 saturated heterocycles. The van der Waals surface area contributed by atoms with Crippen molar-refractivity contribution in [3.05, 3.63) is 0 Å². The van der Waals surface area contributed by atoms with Crippen molar-refractivity contribution in [2.75, 3.05) is 26.2 Å². The van der Waals surface area contributed by atoms with Crippen LogP contribution in [-0.4, -0.2) is 48.9 Å². The minimum atomic E-state index is 0.170. The molecular formula is C14H23N3O2. The Balaban J connectivity index is 1.58. The maximum atomic E-state index is 12.5. The summed E-state index contributed by atoms with van der Waals surface area (Å²) in [6.07, 6.45) is 4.60. The molecule has 0 aromatic carbocycles. The first-order valence-electron chi connectivity index (χ1n) is 7.53. The normalized spacial score (nSPS) is 35.5. The number of nitrogens with one attached hydrogen (secondary N) is 2. The van der Waals surface area contributed by atoms with Gasteiger partial charge in [0.15, 0.2) is 0 Å². The lowest BCUT2D eigenvalue weighted by molar-refractivity contribution is -0.139. The first-order chi connectivity index (χ1) is 9.24. The second-order valence-corrected chi connectivity index (χ2v) is 6.09. The van der Waals surface area contributed by atoms with Crippen LogP contribution in [0.25, 0.3) is 0 Å². The fourth-order valence-corrected chi connectivity index (χ4v) is 3.63. The van der Waals surface area contributed by atoms with E-state index in [0.29, 0.717) is 24.3 Å². The van der Waals surface area contributed by atoms with Gasteiger partial charge >= 0.3 is 0 Å². The average molecular weight is 265 g/mol. The van der Waals surface area contributed by atoms with Gasteiger partial charge in [0, 0.05) is 32.1 Å². The van der Waals surface area contributed by atoms with Crippen LogP contribution in [0.2, 0.25) is 0 Å². The van der Waals surface area contributed by atoms with Crippen LogP contribution < -0.4 is 10.6 Å². The third kappa shape index (κ3) is 2.76. The van der Waals surface area contributed by atoms with Crippen LogP contribution in [0.15, 0.2) is 0 Å². The topological polar surface area (TPSA) is 61.4 Å². The van der Waals surface area contributed by atoms with Gasteiger partial charge in [-0.25, -0.2) is 0 Å². The lowest BCUT2D eigenvalue weighted by Gasteiger charge is -2.42. The number of fused-ring (bicyclic) bond motifs is 1. The summed E-state index contributed by atoms with van der Waals surface area (Å²) in [6.45, 7) is 3.51. The first kappa shape index (κ1) is 12.9. The molecule has 0 saturated carbocycles. The van der Waals surface area contributed by atoms with E-state index in [9.17, 15) is 9.59 Å². The monoisotopic (exact) mass is 265 g/mol. The van der Waals surface area contributed by atoms with Crippen LogP contribution in [0.5, 0.6) is 0 Å². The zero-order chi connectivity index (χ0) is 13.2. The van der Waals surface area contributed by atoms with Crippen LogP contribution in [-0.2, 0) is 9.59 Å². The van der Waals surface area contributed by atoms with Crippen LogP contribution in [0.3, 0.4) is 0 Å². The molecule has 3 atom stereocenters. The molecule has 3 aliphatic rings. The zero-order valence-corrected chi connectivity index (χ0v) is 11.4. The average Bonchev–Trinajstić information content (AvgIpc) is 2.47. The van der Waals surface area contributed by atoms with E-state index in [1.54, 1.807) is 0 Å². The number of piperidine rings is 3. The molecule has 3 fully saturated rings. The molecule has 19 heavy (non-hydrogen) atoms. The summed E-state index contributed by atoms with van der Waals surface area (Å²) in [4.78, 5) is 25.9. The van der Waals surface area contributed by atoms with Crippen molar-refractivity contribution in [3.8, 4) is 0 Å². The van der Waals surface area contributed by atoms with Gasteiger partial charge in [-0.3, -0.25) is 9.59 Å². The molecule has 3 heterocycles. The number of carbonyl (C=O) groups is 2. The van der Waals surface area contributed by atoms with E-state index in [0.717, 1.165) is 51.9 Å². The van der Waals surface area contributed by atoms with Gasteiger partial charge < -0.3 is 15.5 Å². The highest BCUT2D eigenvalue weighted by Crippen LogP contribution is 2.27. The summed E-state index contributed by atoms with van der Waals surface area (Å²) < 4.78 is 0. The second-order valence-electron chi connectivity index (χ2n) is 6.09. The van der Waals surface area contributed by atoms with Crippen molar-refractivity contribution in [1.29, 1.82) is 0 Å². The molecule has 0 radical (unpaired) electrons. The molecule has 3 aliphatic heterocycles. The highest BCUT2D eigenvalue weighted by Gasteiger charge is 2.37. The molecule has 0 aromatic rings. The number of hydrogen-bond acceptors (Lipinski definition) is 3. The highest BCUT2D eigenvalue weighted by atomic mass is 16.2. The maximum absolute atomic E-state index is 12.5. The molecule has 2 unspecified atom stereocenters. The Labute approximate surface area is 114 Å². The first-order valence-corrected chi connectivity index (χ1v) is 7.53. The fraction of sp³-hybridized carbons (Fsp3) is 0.857. The minimum absolute atomic E-state index is 0.170. The van der Waals surface area contributed by atoms with Crippen LogP contribution in [0, 0.1) is 11.8 Å². The highest BCUT2D eigenvalue weighted by molar-refractivity contribution is 5.80. The van der Waals surface area contributed by atoms with Crippen molar-refractivity contribution in [2.45, 2.75) is 38.1 Å². The molecular weight excluding hydrogens is 242 g/mol. The summed E-state index contributed by atoms with van der Waals surface area (Å²) >= 11 is 0. The molecule has 2 amide bonds. The number of nitrogens with zero attached hydrogens (tertiary/aromatic N) is 1. The third-order valence-corrected chi connectivity index (χ3v) is 4.78. The molecule has 0 aromatic heterocycles. The predicted molar refractivity (Wildman–Crippen MR) is 71.4 cm³/mol. The van der Waals surface area contributed by atoms with Crippen molar-refractivity contribution in [1.82, 2.24) is 15.5 Å². The van der Waals surface area contributed by atoms with Gasteiger partial charge in [-0.15, -0.1) is 0 Å². The Morgan fingerprint density at radius 3 is 2.95 bits per heavy atom. The Morgan fingerprint density at radius 1 is 1.26 bits per heavy atom. The van der Waals surface area contributed by atoms with Gasteiger partial charge in [-0.2, -0.15) is 0 Å². The van der Waals surface area contributed by atoms with Gasteiger partial charge in [0.2, 0.25) is 11.8 Å². The van der Waals surface area contributed by atoms with E-state index in [1.165, 1.54) is 0 Å². The van der Waals surface area contributed by atoms with Crippen molar-refractivity contribution in [2.24, 2.45) is 11.8 Å². The Kier molecular flexibility index (Phi) is 3.73. The molecule has 5 nitrogen and oxygen atoms in total. The lowest BCUT2D eigenvalue weighted by Crippen LogP contribution is -2.56. The molecule has 0 spiro atoms. The summed E-state index contributed by atoms with van der Waals surface area (Å²) in [5, 5.41) is 6.38. The van der Waals surface area contributed by atoms with Gasteiger partial charge in [0.05, 0.1) is 5.92 Å². The molecule has 106 valence electrons. The summed E-state index contributed by atoms with van der Waals surface area (Å²) in [6, 6.07) is 0.301. The Bertz CT molecular complexity index is 366. The van der Waals surface area contributed by atoms with Crippen LogP contribution >= 0.6 is 0 Å². The molecule has 5 heteroatoms. The van der Waals surface area contributed by atoms with Gasteiger partial charge in [-0.05, 0) is 38.1 Å². The minimum Gasteiger partial charge on any atom is -0.353 e. The molecule has 0 aliphatic carbocycles. The van der Waals surface area contributed by atoms with Gasteiger partial charge in [0.1, 0.15) is 0 Å².